The van der Waals surface area contributed by atoms with Crippen molar-refractivity contribution >= 4 is 44.7 Å². The molecule has 2 N–H and O–H groups in total. The van der Waals surface area contributed by atoms with Crippen LogP contribution in [0.3, 0.4) is 0 Å². The largest absolute Gasteiger partial charge is 0.279 e. The summed E-state index contributed by atoms with van der Waals surface area (Å²) in [5, 5.41) is 0.928. The molecule has 2 amide bonds. The highest BCUT2D eigenvalue weighted by Gasteiger charge is 2.20. The zero-order chi connectivity index (χ0) is 18.8. The smallest absolute Gasteiger partial charge is 0.273 e. The normalized spacial score (nSPS) is 16.1. The second-order valence-electron chi connectivity index (χ2n) is 6.98. The maximum atomic E-state index is 12.3. The molecule has 140 valence electrons. The number of amides is 2. The molecule has 5 nitrogen and oxygen atoms in total. The van der Waals surface area contributed by atoms with E-state index in [0.717, 1.165) is 28.1 Å². The lowest BCUT2D eigenvalue weighted by molar-refractivity contribution is -0.121. The fourth-order valence-corrected chi connectivity index (χ4v) is 5.39. The average molecular weight is 400 g/mol. The van der Waals surface area contributed by atoms with E-state index in [4.69, 9.17) is 0 Å². The molecule has 0 saturated heterocycles. The number of para-hydroxylation sites is 1. The third-order valence-corrected chi connectivity index (χ3v) is 7.10. The molecular weight excluding hydrogens is 378 g/mol. The van der Waals surface area contributed by atoms with Gasteiger partial charge in [-0.05, 0) is 48.9 Å². The zero-order valence-corrected chi connectivity index (χ0v) is 16.7. The van der Waals surface area contributed by atoms with Gasteiger partial charge in [0.25, 0.3) is 5.91 Å². The molecule has 1 atom stereocenters. The summed E-state index contributed by atoms with van der Waals surface area (Å²) >= 11 is 3.14. The van der Waals surface area contributed by atoms with Gasteiger partial charge in [0.05, 0.1) is 20.1 Å². The van der Waals surface area contributed by atoms with E-state index < -0.39 is 0 Å². The summed E-state index contributed by atoms with van der Waals surface area (Å²) in [6, 6.07) is 9.90. The Hall–Kier alpha value is -2.25. The summed E-state index contributed by atoms with van der Waals surface area (Å²) in [7, 11) is 0. The fourth-order valence-electron chi connectivity index (χ4n) is 3.32. The number of nitrogens with one attached hydrogen (secondary N) is 2. The van der Waals surface area contributed by atoms with Gasteiger partial charge in [-0.15, -0.1) is 22.7 Å². The second kappa shape index (κ2) is 7.78. The molecule has 0 bridgehead atoms. The summed E-state index contributed by atoms with van der Waals surface area (Å²) in [6.07, 6.45) is 4.11. The van der Waals surface area contributed by atoms with Gasteiger partial charge >= 0.3 is 0 Å². The third-order valence-electron chi connectivity index (χ3n) is 4.77. The zero-order valence-electron chi connectivity index (χ0n) is 15.1. The predicted octanol–water partition coefficient (Wildman–Crippen LogP) is 3.88. The van der Waals surface area contributed by atoms with Crippen LogP contribution in [0.1, 0.15) is 44.9 Å². The van der Waals surface area contributed by atoms with Crippen molar-refractivity contribution in [3.05, 3.63) is 50.7 Å². The van der Waals surface area contributed by atoms with Crippen LogP contribution in [0.15, 0.2) is 30.3 Å². The van der Waals surface area contributed by atoms with E-state index in [1.54, 1.807) is 11.3 Å². The first-order chi connectivity index (χ1) is 13.1. The van der Waals surface area contributed by atoms with Gasteiger partial charge in [0, 0.05) is 17.7 Å². The minimum Gasteiger partial charge on any atom is -0.273 e. The molecular formula is C20H21N3O2S2. The molecule has 1 aliphatic rings. The van der Waals surface area contributed by atoms with Crippen molar-refractivity contribution < 1.29 is 9.59 Å². The quantitative estimate of drug-likeness (QED) is 0.654. The average Bonchev–Trinajstić information content (AvgIpc) is 3.27. The maximum Gasteiger partial charge on any atom is 0.279 e. The van der Waals surface area contributed by atoms with E-state index in [9.17, 15) is 9.59 Å². The van der Waals surface area contributed by atoms with Crippen LogP contribution in [0.4, 0.5) is 0 Å². The van der Waals surface area contributed by atoms with E-state index in [2.05, 4.69) is 22.8 Å². The summed E-state index contributed by atoms with van der Waals surface area (Å²) in [4.78, 5) is 30.9. The van der Waals surface area contributed by atoms with Crippen LogP contribution < -0.4 is 10.9 Å². The van der Waals surface area contributed by atoms with Gasteiger partial charge in [0.15, 0.2) is 0 Å². The molecule has 1 aliphatic carbocycles. The van der Waals surface area contributed by atoms with Crippen LogP contribution in [0.25, 0.3) is 10.2 Å². The SMILES string of the molecule is C[C@@H]1CCc2sc(C(=O)NNC(=O)CCc3nc4ccccc4s3)cc2C1. The van der Waals surface area contributed by atoms with Crippen molar-refractivity contribution in [3.8, 4) is 0 Å². The molecule has 27 heavy (non-hydrogen) atoms. The number of thiophene rings is 1. The molecule has 0 fully saturated rings. The Bertz CT molecular complexity index is 959. The molecule has 1 aromatic carbocycles. The van der Waals surface area contributed by atoms with E-state index in [0.29, 0.717) is 23.6 Å². The van der Waals surface area contributed by atoms with Gasteiger partial charge < -0.3 is 0 Å². The topological polar surface area (TPSA) is 71.1 Å². The lowest BCUT2D eigenvalue weighted by Gasteiger charge is -2.16. The maximum absolute atomic E-state index is 12.3. The molecule has 0 spiro atoms. The van der Waals surface area contributed by atoms with Crippen molar-refractivity contribution in [1.82, 2.24) is 15.8 Å². The van der Waals surface area contributed by atoms with E-state index in [1.807, 2.05) is 30.3 Å². The number of benzene rings is 1. The number of carbonyl (C=O) groups is 2. The highest BCUT2D eigenvalue weighted by Crippen LogP contribution is 2.32. The van der Waals surface area contributed by atoms with Crippen LogP contribution in [-0.2, 0) is 24.1 Å². The van der Waals surface area contributed by atoms with Gasteiger partial charge in [0.2, 0.25) is 5.91 Å². The number of nitrogens with zero attached hydrogens (tertiary/aromatic N) is 1. The summed E-state index contributed by atoms with van der Waals surface area (Å²) < 4.78 is 1.12. The molecule has 3 aromatic rings. The fraction of sp³-hybridized carbons (Fsp3) is 0.350. The molecule has 0 unspecified atom stereocenters. The Labute approximate surface area is 165 Å². The first kappa shape index (κ1) is 18.1. The Morgan fingerprint density at radius 3 is 2.93 bits per heavy atom. The van der Waals surface area contributed by atoms with Crippen LogP contribution in [0.5, 0.6) is 0 Å². The number of fused-ring (bicyclic) bond motifs is 2. The minimum absolute atomic E-state index is 0.211. The van der Waals surface area contributed by atoms with Crippen molar-refractivity contribution in [2.45, 2.75) is 39.0 Å². The Morgan fingerprint density at radius 2 is 2.07 bits per heavy atom. The number of carbonyl (C=O) groups excluding carboxylic acids is 2. The molecule has 7 heteroatoms. The van der Waals surface area contributed by atoms with E-state index in [1.165, 1.54) is 28.2 Å². The number of thiazole rings is 1. The number of aryl methyl sites for hydroxylation is 2. The van der Waals surface area contributed by atoms with Crippen LogP contribution in [-0.4, -0.2) is 16.8 Å². The monoisotopic (exact) mass is 399 g/mol. The van der Waals surface area contributed by atoms with E-state index >= 15 is 0 Å². The first-order valence-corrected chi connectivity index (χ1v) is 10.8. The molecule has 0 radical (unpaired) electrons. The number of rotatable bonds is 4. The Balaban J connectivity index is 1.28. The lowest BCUT2D eigenvalue weighted by atomic mass is 9.90. The predicted molar refractivity (Wildman–Crippen MR) is 109 cm³/mol. The van der Waals surface area contributed by atoms with Crippen molar-refractivity contribution in [1.29, 1.82) is 0 Å². The summed E-state index contributed by atoms with van der Waals surface area (Å²) in [6.45, 7) is 2.24. The lowest BCUT2D eigenvalue weighted by Crippen LogP contribution is -2.41. The summed E-state index contributed by atoms with van der Waals surface area (Å²) in [5.41, 5.74) is 7.30. The van der Waals surface area contributed by atoms with Crippen LogP contribution >= 0.6 is 22.7 Å². The van der Waals surface area contributed by atoms with Gasteiger partial charge in [-0.3, -0.25) is 20.4 Å². The Kier molecular flexibility index (Phi) is 5.22. The number of hydrazine groups is 1. The van der Waals surface area contributed by atoms with Crippen LogP contribution in [0.2, 0.25) is 0 Å². The van der Waals surface area contributed by atoms with Crippen molar-refractivity contribution in [2.75, 3.05) is 0 Å². The van der Waals surface area contributed by atoms with E-state index in [-0.39, 0.29) is 11.8 Å². The highest BCUT2D eigenvalue weighted by molar-refractivity contribution is 7.18. The van der Waals surface area contributed by atoms with Crippen molar-refractivity contribution in [3.63, 3.8) is 0 Å². The molecule has 4 rings (SSSR count). The number of hydrogen-bond donors (Lipinski definition) is 2. The highest BCUT2D eigenvalue weighted by atomic mass is 32.1. The van der Waals surface area contributed by atoms with Crippen molar-refractivity contribution in [2.24, 2.45) is 5.92 Å². The number of aromatic nitrogens is 1. The van der Waals surface area contributed by atoms with Gasteiger partial charge in [-0.2, -0.15) is 0 Å². The standard InChI is InChI=1S/C20H21N3O2S2/c1-12-6-7-15-13(10-12)11-17(26-15)20(25)23-22-18(24)8-9-19-21-14-4-2-3-5-16(14)27-19/h2-5,11-12H,6-10H2,1H3,(H,22,24)(H,23,25)/t12-/m1/s1. The molecule has 2 heterocycles. The third kappa shape index (κ3) is 4.20. The summed E-state index contributed by atoms with van der Waals surface area (Å²) in [5.74, 6) is 0.221. The molecule has 0 aliphatic heterocycles. The minimum atomic E-state index is -0.240. The second-order valence-corrected chi connectivity index (χ2v) is 9.24. The first-order valence-electron chi connectivity index (χ1n) is 9.13. The van der Waals surface area contributed by atoms with Gasteiger partial charge in [-0.1, -0.05) is 19.1 Å². The van der Waals surface area contributed by atoms with Gasteiger partial charge in [-0.25, -0.2) is 4.98 Å². The Morgan fingerprint density at radius 1 is 1.22 bits per heavy atom. The van der Waals surface area contributed by atoms with Gasteiger partial charge in [0.1, 0.15) is 0 Å². The number of hydrogen-bond acceptors (Lipinski definition) is 5. The molecule has 2 aromatic heterocycles. The molecule has 0 saturated carbocycles. The van der Waals surface area contributed by atoms with Crippen LogP contribution in [0, 0.1) is 5.92 Å².